The molecule has 0 aliphatic carbocycles. The number of aliphatic hydroxyl groups excluding tert-OH is 1. The molecule has 4 rings (SSSR count). The quantitative estimate of drug-likeness (QED) is 0.0661. The lowest BCUT2D eigenvalue weighted by Gasteiger charge is -2.19. The molecule has 3 atom stereocenters. The highest BCUT2D eigenvalue weighted by Gasteiger charge is 2.25. The molecule has 0 bridgehead atoms. The van der Waals surface area contributed by atoms with Crippen LogP contribution in [0.15, 0.2) is 72.8 Å². The molecule has 2 unspecified atom stereocenters. The molecule has 3 aromatic carbocycles. The van der Waals surface area contributed by atoms with E-state index in [2.05, 4.69) is 32.9 Å². The van der Waals surface area contributed by atoms with Gasteiger partial charge in [0.15, 0.2) is 0 Å². The number of esters is 1. The molecule has 0 saturated carbocycles. The molecule has 44 heavy (non-hydrogen) atoms. The van der Waals surface area contributed by atoms with Gasteiger partial charge in [-0.3, -0.25) is 4.79 Å². The van der Waals surface area contributed by atoms with Crippen LogP contribution in [0.3, 0.4) is 0 Å². The second kappa shape index (κ2) is 15.2. The molecule has 0 aliphatic rings. The molecule has 0 fully saturated rings. The summed E-state index contributed by atoms with van der Waals surface area (Å²) in [5.41, 5.74) is -0.984. The second-order valence-corrected chi connectivity index (χ2v) is 11.7. The third kappa shape index (κ3) is 8.90. The number of aromatic hydroxyl groups is 1. The van der Waals surface area contributed by atoms with Crippen LogP contribution in [0.4, 0.5) is 8.78 Å². The van der Waals surface area contributed by atoms with Gasteiger partial charge in [0, 0.05) is 23.5 Å². The summed E-state index contributed by atoms with van der Waals surface area (Å²) in [7, 11) is 1.52. The zero-order valence-corrected chi connectivity index (χ0v) is 27.1. The molecule has 3 N–H and O–H groups in total. The summed E-state index contributed by atoms with van der Waals surface area (Å²) in [6, 6.07) is 18.4. The van der Waals surface area contributed by atoms with Crippen LogP contribution in [-0.2, 0) is 21.6 Å². The number of carbonyl (C=O) groups is 2. The number of aromatic nitrogens is 1. The lowest BCUT2D eigenvalue weighted by atomic mass is 9.98. The van der Waals surface area contributed by atoms with Crippen LogP contribution < -0.4 is 5.32 Å². The smallest absolute Gasteiger partial charge is 0.338 e. The molecule has 0 aliphatic heterocycles. The minimum Gasteiger partial charge on any atom is -0.508 e. The lowest BCUT2D eigenvalue weighted by Crippen LogP contribution is -2.40. The van der Waals surface area contributed by atoms with Gasteiger partial charge in [0.1, 0.15) is 11.4 Å². The van der Waals surface area contributed by atoms with Crippen LogP contribution in [-0.4, -0.2) is 57.5 Å². The van der Waals surface area contributed by atoms with Gasteiger partial charge in [-0.05, 0) is 59.5 Å². The van der Waals surface area contributed by atoms with Crippen molar-refractivity contribution in [2.24, 2.45) is 5.92 Å². The summed E-state index contributed by atoms with van der Waals surface area (Å²) in [4.78, 5) is 31.3. The Labute approximate surface area is 269 Å². The van der Waals surface area contributed by atoms with Crippen molar-refractivity contribution < 1.29 is 38.1 Å². The van der Waals surface area contributed by atoms with Crippen LogP contribution in [0.1, 0.15) is 38.9 Å². The Hall–Kier alpha value is -3.25. The number of halogens is 3. The minimum atomic E-state index is -3.11. The fourth-order valence-electron chi connectivity index (χ4n) is 4.46. The van der Waals surface area contributed by atoms with Crippen LogP contribution in [0.25, 0.3) is 22.0 Å². The Morgan fingerprint density at radius 2 is 1.77 bits per heavy atom. The third-order valence-electron chi connectivity index (χ3n) is 6.80. The van der Waals surface area contributed by atoms with Gasteiger partial charge < -0.3 is 25.0 Å². The number of pyridine rings is 1. The molecule has 1 aromatic heterocycles. The number of rotatable bonds is 13. The van der Waals surface area contributed by atoms with Crippen molar-refractivity contribution in [3.05, 3.63) is 95.2 Å². The van der Waals surface area contributed by atoms with E-state index >= 15 is 0 Å². The van der Waals surface area contributed by atoms with Crippen molar-refractivity contribution >= 4 is 54.6 Å². The lowest BCUT2D eigenvalue weighted by molar-refractivity contribution is 0.0407. The standard InChI is InChI=1S/C32H32F2IN2O6P/c1-19(15-38)16-43-31(41)27-14-29(30(40)36-24(17-42-18-35)11-20-5-8-25(39)9-6-20)37-28-10-7-22(13-26(27)28)21-3-2-4-23(12-21)32(33,34)44/h2-10,12-14,19,24,38-39H,11,15-18,44H2,1H3,(H,36,40)/t19?,24-/m0/s1. The molecule has 4 aromatic rings. The number of carbonyl (C=O) groups excluding carboxylic acids is 2. The minimum absolute atomic E-state index is 0.0257. The van der Waals surface area contributed by atoms with Crippen molar-refractivity contribution in [3.8, 4) is 16.9 Å². The van der Waals surface area contributed by atoms with Crippen molar-refractivity contribution in [1.82, 2.24) is 10.3 Å². The van der Waals surface area contributed by atoms with Crippen molar-refractivity contribution in [2.45, 2.75) is 25.1 Å². The number of alkyl halides is 3. The van der Waals surface area contributed by atoms with Gasteiger partial charge in [-0.15, -0.1) is 0 Å². The Balaban J connectivity index is 1.71. The first kappa shape index (κ1) is 33.6. The fourth-order valence-corrected chi connectivity index (χ4v) is 4.89. The number of hydrogen-bond acceptors (Lipinski definition) is 7. The topological polar surface area (TPSA) is 118 Å². The number of benzene rings is 3. The summed E-state index contributed by atoms with van der Waals surface area (Å²) in [5, 5.41) is 22.3. The largest absolute Gasteiger partial charge is 0.508 e. The molecule has 0 saturated heterocycles. The number of amides is 1. The Kier molecular flexibility index (Phi) is 11.6. The Morgan fingerprint density at radius 3 is 2.45 bits per heavy atom. The highest BCUT2D eigenvalue weighted by molar-refractivity contribution is 14.1. The summed E-state index contributed by atoms with van der Waals surface area (Å²) in [6.07, 6.45) is 0.419. The predicted octanol–water partition coefficient (Wildman–Crippen LogP) is 6.07. The first-order valence-corrected chi connectivity index (χ1v) is 15.8. The van der Waals surface area contributed by atoms with Crippen LogP contribution >= 0.6 is 31.8 Å². The number of fused-ring (bicyclic) bond motifs is 1. The predicted molar refractivity (Wildman–Crippen MR) is 175 cm³/mol. The summed E-state index contributed by atoms with van der Waals surface area (Å²) in [5.74, 6) is -1.43. The van der Waals surface area contributed by atoms with Crippen LogP contribution in [0, 0.1) is 5.92 Å². The molecule has 8 nitrogen and oxygen atoms in total. The van der Waals surface area contributed by atoms with E-state index < -0.39 is 23.6 Å². The number of hydrogen-bond donors (Lipinski definition) is 3. The first-order chi connectivity index (χ1) is 21.0. The number of phenols is 1. The van der Waals surface area contributed by atoms with E-state index in [1.807, 2.05) is 0 Å². The molecule has 1 amide bonds. The van der Waals surface area contributed by atoms with E-state index in [9.17, 15) is 28.6 Å². The SMILES string of the molecule is CC(CO)COC(=O)c1cc(C(=O)N[C@H](COCI)Cc2ccc(O)cc2)nc2ccc(-c3cccc(C(F)(F)P)c3)cc12. The van der Waals surface area contributed by atoms with Gasteiger partial charge in [0.2, 0.25) is 0 Å². The van der Waals surface area contributed by atoms with Gasteiger partial charge in [0.25, 0.3) is 11.6 Å². The molecule has 232 valence electrons. The highest BCUT2D eigenvalue weighted by atomic mass is 127. The maximum Gasteiger partial charge on any atom is 0.338 e. The number of phenolic OH excluding ortho intramolecular Hbond substituents is 1. The Bertz CT molecular complexity index is 1620. The maximum absolute atomic E-state index is 14.0. The van der Waals surface area contributed by atoms with E-state index in [-0.39, 0.29) is 48.3 Å². The van der Waals surface area contributed by atoms with Crippen molar-refractivity contribution in [2.75, 3.05) is 24.4 Å². The average Bonchev–Trinajstić information content (AvgIpc) is 3.02. The van der Waals surface area contributed by atoms with Crippen molar-refractivity contribution in [3.63, 3.8) is 0 Å². The summed E-state index contributed by atoms with van der Waals surface area (Å²) >= 11 is 2.06. The fraction of sp³-hybridized carbons (Fsp3) is 0.281. The number of nitrogens with zero attached hydrogens (tertiary/aromatic N) is 1. The van der Waals surface area contributed by atoms with Crippen LogP contribution in [0.2, 0.25) is 0 Å². The van der Waals surface area contributed by atoms with Gasteiger partial charge in [-0.25, -0.2) is 9.78 Å². The van der Waals surface area contributed by atoms with E-state index in [0.29, 0.717) is 33.1 Å². The van der Waals surface area contributed by atoms with Gasteiger partial charge in [-0.2, -0.15) is 8.78 Å². The second-order valence-electron chi connectivity index (χ2n) is 10.4. The van der Waals surface area contributed by atoms with E-state index in [1.165, 1.54) is 33.5 Å². The number of aliphatic hydroxyl groups is 1. The molecule has 0 spiro atoms. The number of ether oxygens (including phenoxy) is 2. The first-order valence-electron chi connectivity index (χ1n) is 13.7. The summed E-state index contributed by atoms with van der Waals surface area (Å²) < 4.78 is 39.4. The maximum atomic E-state index is 14.0. The normalized spacial score (nSPS) is 13.0. The van der Waals surface area contributed by atoms with Gasteiger partial charge in [0.05, 0.1) is 34.9 Å². The molecule has 12 heteroatoms. The Morgan fingerprint density at radius 1 is 1.05 bits per heavy atom. The van der Waals surface area contributed by atoms with E-state index in [4.69, 9.17) is 9.47 Å². The monoisotopic (exact) mass is 736 g/mol. The molecular formula is C32H32F2IN2O6P. The molecule has 1 heterocycles. The van der Waals surface area contributed by atoms with E-state index in [1.54, 1.807) is 55.5 Å². The zero-order valence-electron chi connectivity index (χ0n) is 23.8. The molecular weight excluding hydrogens is 704 g/mol. The third-order valence-corrected chi connectivity index (χ3v) is 7.58. The zero-order chi connectivity index (χ0) is 31.9. The van der Waals surface area contributed by atoms with E-state index in [0.717, 1.165) is 5.56 Å². The molecule has 0 radical (unpaired) electrons. The highest BCUT2D eigenvalue weighted by Crippen LogP contribution is 2.37. The summed E-state index contributed by atoms with van der Waals surface area (Å²) in [6.45, 7) is 1.71. The number of nitrogens with one attached hydrogen (secondary N) is 1. The van der Waals surface area contributed by atoms with Crippen LogP contribution in [0.5, 0.6) is 5.75 Å². The average molecular weight is 736 g/mol. The van der Waals surface area contributed by atoms with Gasteiger partial charge in [-0.1, -0.05) is 75.2 Å². The van der Waals surface area contributed by atoms with Crippen molar-refractivity contribution in [1.29, 1.82) is 0 Å². The van der Waals surface area contributed by atoms with Gasteiger partial charge >= 0.3 is 5.97 Å².